The van der Waals surface area contributed by atoms with Crippen LogP contribution in [0.5, 0.6) is 0 Å². The molecule has 0 aliphatic carbocycles. The Bertz CT molecular complexity index is 1750. The molecule has 1 amide bonds. The van der Waals surface area contributed by atoms with Gasteiger partial charge in [-0.1, -0.05) is 12.1 Å². The number of fused-ring (bicyclic) bond motifs is 3. The van der Waals surface area contributed by atoms with Crippen molar-refractivity contribution in [2.24, 2.45) is 5.73 Å². The number of aromatic nitrogens is 2. The van der Waals surface area contributed by atoms with Gasteiger partial charge in [-0.25, -0.2) is 8.78 Å². The molecule has 7 nitrogen and oxygen atoms in total. The Morgan fingerprint density at radius 3 is 2.40 bits per heavy atom. The summed E-state index contributed by atoms with van der Waals surface area (Å²) in [6.45, 7) is 5.33. The Balaban J connectivity index is 1.49. The standard InChI is InChI=1S/C33H33F2N5O2/c1-18-26-14-28(30(35)15-31(26)39(38-18)17-33(2,3)42)25-9-6-20(10-27(25)19-4-5-21(16-36)29(34)11-19)32(41)40-23-7-8-24(40)13-22(37)12-23/h4-6,9-11,14-15,22-24,42H,7-8,12-13,17,37H2,1-3H3/t22?,23-,24+. The van der Waals surface area contributed by atoms with Gasteiger partial charge in [-0.05, 0) is 93.5 Å². The number of halogens is 2. The highest BCUT2D eigenvalue weighted by molar-refractivity contribution is 5.99. The molecule has 3 aromatic carbocycles. The number of hydrogen-bond donors (Lipinski definition) is 2. The molecule has 2 fully saturated rings. The molecule has 6 rings (SSSR count). The van der Waals surface area contributed by atoms with Crippen LogP contribution in [0.3, 0.4) is 0 Å². The number of aryl methyl sites for hydroxylation is 1. The minimum atomic E-state index is -1.05. The summed E-state index contributed by atoms with van der Waals surface area (Å²) >= 11 is 0. The van der Waals surface area contributed by atoms with E-state index in [1.54, 1.807) is 48.9 Å². The van der Waals surface area contributed by atoms with Crippen LogP contribution in [-0.2, 0) is 6.54 Å². The molecule has 0 saturated carbocycles. The van der Waals surface area contributed by atoms with Gasteiger partial charge in [-0.2, -0.15) is 10.4 Å². The summed E-state index contributed by atoms with van der Waals surface area (Å²) in [5.41, 5.74) is 8.39. The lowest BCUT2D eigenvalue weighted by Gasteiger charge is -2.38. The number of nitrogens with zero attached hydrogens (tertiary/aromatic N) is 4. The number of carbonyl (C=O) groups excluding carboxylic acids is 1. The summed E-state index contributed by atoms with van der Waals surface area (Å²) in [5.74, 6) is -1.33. The van der Waals surface area contributed by atoms with Crippen molar-refractivity contribution in [3.8, 4) is 28.3 Å². The Kier molecular flexibility index (Phi) is 6.87. The largest absolute Gasteiger partial charge is 0.389 e. The van der Waals surface area contributed by atoms with Crippen LogP contribution in [0.15, 0.2) is 48.5 Å². The fourth-order valence-corrected chi connectivity index (χ4v) is 6.67. The topological polar surface area (TPSA) is 108 Å². The molecule has 2 saturated heterocycles. The van der Waals surface area contributed by atoms with E-state index >= 15 is 4.39 Å². The zero-order valence-corrected chi connectivity index (χ0v) is 23.9. The number of amides is 1. The zero-order chi connectivity index (χ0) is 29.9. The number of nitrogens with two attached hydrogens (primary N) is 1. The normalized spacial score (nSPS) is 20.2. The monoisotopic (exact) mass is 569 g/mol. The Labute approximate surface area is 243 Å². The molecule has 3 heterocycles. The van der Waals surface area contributed by atoms with E-state index in [4.69, 9.17) is 5.73 Å². The second-order valence-electron chi connectivity index (χ2n) is 12.3. The van der Waals surface area contributed by atoms with Gasteiger partial charge in [0.1, 0.15) is 17.7 Å². The number of piperidine rings is 1. The van der Waals surface area contributed by atoms with E-state index in [0.29, 0.717) is 38.9 Å². The van der Waals surface area contributed by atoms with Gasteiger partial charge >= 0.3 is 0 Å². The van der Waals surface area contributed by atoms with Gasteiger partial charge in [0.2, 0.25) is 0 Å². The van der Waals surface area contributed by atoms with Gasteiger partial charge in [-0.15, -0.1) is 0 Å². The van der Waals surface area contributed by atoms with Gasteiger partial charge in [0.15, 0.2) is 0 Å². The number of carbonyl (C=O) groups is 1. The first kappa shape index (κ1) is 28.0. The summed E-state index contributed by atoms with van der Waals surface area (Å²) in [4.78, 5) is 15.8. The highest BCUT2D eigenvalue weighted by Crippen LogP contribution is 2.40. The number of nitriles is 1. The van der Waals surface area contributed by atoms with E-state index in [2.05, 4.69) is 5.10 Å². The molecule has 3 atom stereocenters. The lowest BCUT2D eigenvalue weighted by molar-refractivity contribution is 0.0572. The molecule has 1 aromatic heterocycles. The SMILES string of the molecule is Cc1nn(CC(C)(C)O)c2cc(F)c(-c3ccc(C(=O)N4[C@@H]5CC[C@H]4CC(N)C5)cc3-c3ccc(C#N)c(F)c3)cc12. The first-order valence-electron chi connectivity index (χ1n) is 14.2. The predicted octanol–water partition coefficient (Wildman–Crippen LogP) is 5.69. The Morgan fingerprint density at radius 1 is 1.05 bits per heavy atom. The van der Waals surface area contributed by atoms with E-state index in [-0.39, 0.29) is 41.7 Å². The third-order valence-corrected chi connectivity index (χ3v) is 8.52. The second kappa shape index (κ2) is 10.3. The highest BCUT2D eigenvalue weighted by Gasteiger charge is 2.42. The molecule has 4 aromatic rings. The molecule has 1 unspecified atom stereocenters. The molecule has 2 aliphatic heterocycles. The Morgan fingerprint density at radius 2 is 1.76 bits per heavy atom. The molecule has 0 spiro atoms. The molecular formula is C33H33F2N5O2. The molecule has 42 heavy (non-hydrogen) atoms. The lowest BCUT2D eigenvalue weighted by Crippen LogP contribution is -2.50. The molecule has 3 N–H and O–H groups in total. The van der Waals surface area contributed by atoms with Crippen molar-refractivity contribution in [3.63, 3.8) is 0 Å². The predicted molar refractivity (Wildman–Crippen MR) is 156 cm³/mol. The molecule has 216 valence electrons. The minimum absolute atomic E-state index is 0.0836. The quantitative estimate of drug-likeness (QED) is 0.321. The van der Waals surface area contributed by atoms with Gasteiger partial charge in [0, 0.05) is 40.7 Å². The lowest BCUT2D eigenvalue weighted by atomic mass is 9.90. The number of benzene rings is 3. The Hall–Kier alpha value is -4.13. The van der Waals surface area contributed by atoms with Crippen LogP contribution in [0.2, 0.25) is 0 Å². The van der Waals surface area contributed by atoms with E-state index in [0.717, 1.165) is 25.7 Å². The summed E-state index contributed by atoms with van der Waals surface area (Å²) < 4.78 is 32.3. The zero-order valence-electron chi connectivity index (χ0n) is 23.9. The van der Waals surface area contributed by atoms with Crippen molar-refractivity contribution >= 4 is 16.8 Å². The average molecular weight is 570 g/mol. The van der Waals surface area contributed by atoms with Crippen LogP contribution in [0, 0.1) is 29.9 Å². The smallest absolute Gasteiger partial charge is 0.254 e. The van der Waals surface area contributed by atoms with Crippen molar-refractivity contribution in [1.82, 2.24) is 14.7 Å². The van der Waals surface area contributed by atoms with Crippen molar-refractivity contribution < 1.29 is 18.7 Å². The fraction of sp³-hybridized carbons (Fsp3) is 0.364. The van der Waals surface area contributed by atoms with Crippen molar-refractivity contribution in [3.05, 3.63) is 77.0 Å². The fourth-order valence-electron chi connectivity index (χ4n) is 6.67. The van der Waals surface area contributed by atoms with Crippen molar-refractivity contribution in [2.75, 3.05) is 0 Å². The summed E-state index contributed by atoms with van der Waals surface area (Å²) in [6.07, 6.45) is 3.36. The van der Waals surface area contributed by atoms with Crippen LogP contribution in [0.1, 0.15) is 61.1 Å². The second-order valence-corrected chi connectivity index (χ2v) is 12.3. The first-order valence-corrected chi connectivity index (χ1v) is 14.2. The van der Waals surface area contributed by atoms with Crippen LogP contribution >= 0.6 is 0 Å². The average Bonchev–Trinajstić information content (AvgIpc) is 3.37. The maximum atomic E-state index is 15.9. The summed E-state index contributed by atoms with van der Waals surface area (Å²) in [7, 11) is 0. The molecular weight excluding hydrogens is 536 g/mol. The van der Waals surface area contributed by atoms with E-state index in [1.807, 2.05) is 17.9 Å². The van der Waals surface area contributed by atoms with E-state index in [1.165, 1.54) is 18.2 Å². The summed E-state index contributed by atoms with van der Waals surface area (Å²) in [5, 5.41) is 24.8. The van der Waals surface area contributed by atoms with Crippen LogP contribution < -0.4 is 5.73 Å². The van der Waals surface area contributed by atoms with Crippen molar-refractivity contribution in [2.45, 2.75) is 76.7 Å². The van der Waals surface area contributed by atoms with Gasteiger partial charge in [-0.3, -0.25) is 9.48 Å². The van der Waals surface area contributed by atoms with Gasteiger partial charge < -0.3 is 15.7 Å². The molecule has 0 radical (unpaired) electrons. The van der Waals surface area contributed by atoms with Gasteiger partial charge in [0.05, 0.1) is 28.9 Å². The highest BCUT2D eigenvalue weighted by atomic mass is 19.1. The third kappa shape index (κ3) is 4.95. The maximum Gasteiger partial charge on any atom is 0.254 e. The number of rotatable bonds is 5. The third-order valence-electron chi connectivity index (χ3n) is 8.52. The van der Waals surface area contributed by atoms with Crippen LogP contribution in [0.25, 0.3) is 33.2 Å². The molecule has 9 heteroatoms. The minimum Gasteiger partial charge on any atom is -0.389 e. The number of hydrogen-bond acceptors (Lipinski definition) is 5. The van der Waals surface area contributed by atoms with E-state index in [9.17, 15) is 19.6 Å². The maximum absolute atomic E-state index is 15.9. The van der Waals surface area contributed by atoms with Crippen LogP contribution in [-0.4, -0.2) is 49.4 Å². The molecule has 2 bridgehead atoms. The van der Waals surface area contributed by atoms with Crippen LogP contribution in [0.4, 0.5) is 8.78 Å². The van der Waals surface area contributed by atoms with E-state index < -0.39 is 17.2 Å². The van der Waals surface area contributed by atoms with Crippen molar-refractivity contribution in [1.29, 1.82) is 5.26 Å². The van der Waals surface area contributed by atoms with Gasteiger partial charge in [0.25, 0.3) is 5.91 Å². The first-order chi connectivity index (χ1) is 19.9. The summed E-state index contributed by atoms with van der Waals surface area (Å²) in [6, 6.07) is 14.5. The molecule has 2 aliphatic rings. The number of aliphatic hydroxyl groups is 1.